The summed E-state index contributed by atoms with van der Waals surface area (Å²) < 4.78 is 10.9. The zero-order chi connectivity index (χ0) is 19.9. The SMILES string of the molecule is COc1ccc(OCCCN2C(=O)CN(C)C(=O)[C@@H]2Cc2ccccc2)cc1. The van der Waals surface area contributed by atoms with Gasteiger partial charge in [-0.25, -0.2) is 0 Å². The van der Waals surface area contributed by atoms with Gasteiger partial charge in [0.05, 0.1) is 20.3 Å². The number of methoxy groups -OCH3 is 1. The van der Waals surface area contributed by atoms with E-state index in [1.165, 1.54) is 4.90 Å². The van der Waals surface area contributed by atoms with Gasteiger partial charge in [0.25, 0.3) is 0 Å². The van der Waals surface area contributed by atoms with Crippen molar-refractivity contribution in [3.8, 4) is 11.5 Å². The topological polar surface area (TPSA) is 59.1 Å². The van der Waals surface area contributed by atoms with Crippen molar-refractivity contribution in [2.75, 3.05) is 33.9 Å². The number of amides is 2. The highest BCUT2D eigenvalue weighted by Gasteiger charge is 2.37. The van der Waals surface area contributed by atoms with Crippen LogP contribution < -0.4 is 9.47 Å². The summed E-state index contributed by atoms with van der Waals surface area (Å²) in [6.45, 7) is 1.09. The Labute approximate surface area is 165 Å². The smallest absolute Gasteiger partial charge is 0.245 e. The van der Waals surface area contributed by atoms with Crippen molar-refractivity contribution in [2.24, 2.45) is 0 Å². The molecule has 28 heavy (non-hydrogen) atoms. The van der Waals surface area contributed by atoms with Gasteiger partial charge in [-0.1, -0.05) is 30.3 Å². The van der Waals surface area contributed by atoms with Crippen LogP contribution in [0, 0.1) is 0 Å². The van der Waals surface area contributed by atoms with Gasteiger partial charge in [0.1, 0.15) is 17.5 Å². The molecular formula is C22H26N2O4. The number of carbonyl (C=O) groups is 2. The van der Waals surface area contributed by atoms with Gasteiger partial charge in [0.15, 0.2) is 0 Å². The molecule has 1 fully saturated rings. The maximum atomic E-state index is 12.7. The molecule has 0 aliphatic carbocycles. The Morgan fingerprint density at radius 3 is 2.36 bits per heavy atom. The molecule has 2 amide bonds. The van der Waals surface area contributed by atoms with Gasteiger partial charge >= 0.3 is 0 Å². The third-order valence-electron chi connectivity index (χ3n) is 4.87. The molecule has 0 bridgehead atoms. The number of carbonyl (C=O) groups excluding carboxylic acids is 2. The summed E-state index contributed by atoms with van der Waals surface area (Å²) in [5.74, 6) is 1.49. The van der Waals surface area contributed by atoms with Crippen LogP contribution in [0.4, 0.5) is 0 Å². The largest absolute Gasteiger partial charge is 0.497 e. The second-order valence-corrected chi connectivity index (χ2v) is 6.86. The third-order valence-corrected chi connectivity index (χ3v) is 4.87. The Morgan fingerprint density at radius 1 is 1.00 bits per heavy atom. The van der Waals surface area contributed by atoms with Crippen LogP contribution in [-0.2, 0) is 16.0 Å². The third kappa shape index (κ3) is 4.82. The first-order valence-corrected chi connectivity index (χ1v) is 9.43. The van der Waals surface area contributed by atoms with Crippen LogP contribution in [0.25, 0.3) is 0 Å². The van der Waals surface area contributed by atoms with Crippen LogP contribution in [0.3, 0.4) is 0 Å². The lowest BCUT2D eigenvalue weighted by molar-refractivity contribution is -0.154. The minimum atomic E-state index is -0.463. The fourth-order valence-electron chi connectivity index (χ4n) is 3.35. The number of hydrogen-bond acceptors (Lipinski definition) is 4. The monoisotopic (exact) mass is 382 g/mol. The maximum Gasteiger partial charge on any atom is 0.245 e. The average molecular weight is 382 g/mol. The van der Waals surface area contributed by atoms with Crippen LogP contribution in [0.1, 0.15) is 12.0 Å². The minimum absolute atomic E-state index is 0.0143. The number of ether oxygens (including phenoxy) is 2. The van der Waals surface area contributed by atoms with Gasteiger partial charge in [-0.15, -0.1) is 0 Å². The van der Waals surface area contributed by atoms with Crippen molar-refractivity contribution in [3.63, 3.8) is 0 Å². The van der Waals surface area contributed by atoms with E-state index in [1.807, 2.05) is 54.6 Å². The van der Waals surface area contributed by atoms with E-state index in [4.69, 9.17) is 9.47 Å². The highest BCUT2D eigenvalue weighted by atomic mass is 16.5. The molecule has 1 saturated heterocycles. The van der Waals surface area contributed by atoms with E-state index in [-0.39, 0.29) is 18.4 Å². The van der Waals surface area contributed by atoms with Gasteiger partial charge in [0.2, 0.25) is 11.8 Å². The molecule has 3 rings (SSSR count). The van der Waals surface area contributed by atoms with E-state index < -0.39 is 6.04 Å². The van der Waals surface area contributed by atoms with Crippen LogP contribution >= 0.6 is 0 Å². The number of hydrogen-bond donors (Lipinski definition) is 0. The lowest BCUT2D eigenvalue weighted by atomic mass is 10.0. The minimum Gasteiger partial charge on any atom is -0.497 e. The van der Waals surface area contributed by atoms with Crippen molar-refractivity contribution in [1.29, 1.82) is 0 Å². The summed E-state index contributed by atoms with van der Waals surface area (Å²) in [6.07, 6.45) is 1.18. The summed E-state index contributed by atoms with van der Waals surface area (Å²) in [7, 11) is 3.30. The first kappa shape index (κ1) is 19.7. The van der Waals surface area contributed by atoms with Gasteiger partial charge in [-0.2, -0.15) is 0 Å². The highest BCUT2D eigenvalue weighted by molar-refractivity contribution is 5.94. The summed E-state index contributed by atoms with van der Waals surface area (Å²) in [5.41, 5.74) is 1.04. The second kappa shape index (κ2) is 9.26. The van der Waals surface area contributed by atoms with E-state index in [0.717, 1.165) is 17.1 Å². The predicted octanol–water partition coefficient (Wildman–Crippen LogP) is 2.38. The lowest BCUT2D eigenvalue weighted by Gasteiger charge is -2.39. The molecule has 1 heterocycles. The molecule has 0 aromatic heterocycles. The van der Waals surface area contributed by atoms with Crippen molar-refractivity contribution >= 4 is 11.8 Å². The first-order valence-electron chi connectivity index (χ1n) is 9.43. The average Bonchev–Trinajstić information content (AvgIpc) is 2.72. The summed E-state index contributed by atoms with van der Waals surface area (Å²) in [6, 6.07) is 16.7. The summed E-state index contributed by atoms with van der Waals surface area (Å²) >= 11 is 0. The standard InChI is InChI=1S/C22H26N2O4/c1-23-16-21(25)24(20(22(23)26)15-17-7-4-3-5-8-17)13-6-14-28-19-11-9-18(27-2)10-12-19/h3-5,7-12,20H,6,13-16H2,1-2H3/t20-/m0/s1. The van der Waals surface area contributed by atoms with E-state index >= 15 is 0 Å². The van der Waals surface area contributed by atoms with Gasteiger partial charge in [-0.05, 0) is 36.2 Å². The van der Waals surface area contributed by atoms with Crippen LogP contribution in [0.2, 0.25) is 0 Å². The molecule has 6 nitrogen and oxygen atoms in total. The van der Waals surface area contributed by atoms with Crippen molar-refractivity contribution in [1.82, 2.24) is 9.80 Å². The predicted molar refractivity (Wildman–Crippen MR) is 106 cm³/mol. The number of nitrogens with zero attached hydrogens (tertiary/aromatic N) is 2. The van der Waals surface area contributed by atoms with E-state index in [2.05, 4.69) is 0 Å². The Kier molecular flexibility index (Phi) is 6.53. The molecular weight excluding hydrogens is 356 g/mol. The van der Waals surface area contributed by atoms with Gasteiger partial charge in [0, 0.05) is 20.0 Å². The van der Waals surface area contributed by atoms with Gasteiger partial charge in [-0.3, -0.25) is 9.59 Å². The molecule has 0 N–H and O–H groups in total. The van der Waals surface area contributed by atoms with E-state index in [0.29, 0.717) is 26.0 Å². The maximum absolute atomic E-state index is 12.7. The summed E-state index contributed by atoms with van der Waals surface area (Å²) in [4.78, 5) is 28.5. The van der Waals surface area contributed by atoms with Crippen molar-refractivity contribution in [2.45, 2.75) is 18.9 Å². The fraction of sp³-hybridized carbons (Fsp3) is 0.364. The number of likely N-dealkylation sites (N-methyl/N-ethyl adjacent to an activating group) is 1. The second-order valence-electron chi connectivity index (χ2n) is 6.86. The molecule has 1 atom stereocenters. The zero-order valence-electron chi connectivity index (χ0n) is 16.3. The molecule has 2 aromatic rings. The Morgan fingerprint density at radius 2 is 1.68 bits per heavy atom. The molecule has 148 valence electrons. The number of piperazine rings is 1. The quantitative estimate of drug-likeness (QED) is 0.658. The van der Waals surface area contributed by atoms with Gasteiger partial charge < -0.3 is 19.3 Å². The molecule has 2 aromatic carbocycles. The molecule has 0 saturated carbocycles. The first-order chi connectivity index (χ1) is 13.6. The Hall–Kier alpha value is -3.02. The summed E-state index contributed by atoms with van der Waals surface area (Å²) in [5, 5.41) is 0. The van der Waals surface area contributed by atoms with Crippen molar-refractivity contribution < 1.29 is 19.1 Å². The molecule has 6 heteroatoms. The van der Waals surface area contributed by atoms with Crippen LogP contribution in [0.15, 0.2) is 54.6 Å². The molecule has 0 unspecified atom stereocenters. The normalized spacial score (nSPS) is 17.0. The molecule has 1 aliphatic heterocycles. The van der Waals surface area contributed by atoms with Crippen molar-refractivity contribution in [3.05, 3.63) is 60.2 Å². The number of benzene rings is 2. The van der Waals surface area contributed by atoms with E-state index in [9.17, 15) is 9.59 Å². The molecule has 0 radical (unpaired) electrons. The van der Waals surface area contributed by atoms with Crippen LogP contribution in [0.5, 0.6) is 11.5 Å². The Bertz CT molecular complexity index is 792. The number of rotatable bonds is 8. The van der Waals surface area contributed by atoms with Crippen LogP contribution in [-0.4, -0.2) is 61.5 Å². The molecule has 0 spiro atoms. The molecule has 1 aliphatic rings. The zero-order valence-corrected chi connectivity index (χ0v) is 16.3. The Balaban J connectivity index is 1.58. The highest BCUT2D eigenvalue weighted by Crippen LogP contribution is 2.19. The fourth-order valence-corrected chi connectivity index (χ4v) is 3.35. The lowest BCUT2D eigenvalue weighted by Crippen LogP contribution is -2.59. The van der Waals surface area contributed by atoms with E-state index in [1.54, 1.807) is 19.1 Å².